The molecule has 1 aliphatic rings. The molecule has 1 aromatic heterocycles. The average Bonchev–Trinajstić information content (AvgIpc) is 2.98. The Bertz CT molecular complexity index is 1610. The zero-order valence-corrected chi connectivity index (χ0v) is 26.0. The Hall–Kier alpha value is -3.20. The van der Waals surface area contributed by atoms with Crippen molar-refractivity contribution < 1.29 is 13.2 Å². The highest BCUT2D eigenvalue weighted by Crippen LogP contribution is 2.35. The van der Waals surface area contributed by atoms with Gasteiger partial charge in [0.15, 0.2) is 0 Å². The molecule has 3 aromatic carbocycles. The van der Waals surface area contributed by atoms with Gasteiger partial charge in [0.2, 0.25) is 13.0 Å². The number of hydrogen-bond donors (Lipinski definition) is 4. The van der Waals surface area contributed by atoms with Crippen LogP contribution in [0.4, 0.5) is 28.8 Å². The number of hydrogen-bond acceptors (Lipinski definition) is 10. The molecule has 10 nitrogen and oxygen atoms in total. The molecule has 0 saturated carbocycles. The molecule has 1 fully saturated rings. The largest absolute Gasteiger partial charge is 0.494 e. The molecule has 4 aromatic rings. The first-order valence-corrected chi connectivity index (χ1v) is 17.5. The van der Waals surface area contributed by atoms with Crippen LogP contribution in [-0.4, -0.2) is 64.8 Å². The van der Waals surface area contributed by atoms with Crippen molar-refractivity contribution in [3.63, 3.8) is 0 Å². The van der Waals surface area contributed by atoms with E-state index in [-0.39, 0.29) is 4.90 Å². The van der Waals surface area contributed by atoms with Gasteiger partial charge >= 0.3 is 0 Å². The molecule has 0 unspecified atom stereocenters. The summed E-state index contributed by atoms with van der Waals surface area (Å²) in [6.45, 7) is 3.90. The minimum Gasteiger partial charge on any atom is -0.494 e. The number of nitrogens with zero attached hydrogens (tertiary/aromatic N) is 3. The summed E-state index contributed by atoms with van der Waals surface area (Å²) in [6.07, 6.45) is 2.18. The van der Waals surface area contributed by atoms with Gasteiger partial charge in [-0.3, -0.25) is 0 Å². The Morgan fingerprint density at radius 1 is 0.951 bits per heavy atom. The summed E-state index contributed by atoms with van der Waals surface area (Å²) >= 11 is 1.45. The molecule has 12 heteroatoms. The van der Waals surface area contributed by atoms with Gasteiger partial charge in [-0.1, -0.05) is 24.3 Å². The molecule has 216 valence electrons. The quantitative estimate of drug-likeness (QED) is 0.0972. The number of benzene rings is 3. The van der Waals surface area contributed by atoms with E-state index in [1.54, 1.807) is 31.4 Å². The molecule has 0 radical (unpaired) electrons. The lowest BCUT2D eigenvalue weighted by atomic mass is 10.0. The molecule has 1 saturated heterocycles. The maximum atomic E-state index is 12.4. The van der Waals surface area contributed by atoms with E-state index in [0.29, 0.717) is 34.8 Å². The molecule has 4 N–H and O–H groups in total. The highest BCUT2D eigenvalue weighted by atomic mass is 127. The second-order valence-electron chi connectivity index (χ2n) is 9.80. The Morgan fingerprint density at radius 3 is 2.46 bits per heavy atom. The number of rotatable bonds is 11. The number of para-hydroxylation sites is 2. The topological polar surface area (TPSA) is 121 Å². The van der Waals surface area contributed by atoms with Gasteiger partial charge in [0.05, 0.1) is 45.2 Å². The molecule has 1 aliphatic heterocycles. The molecule has 0 amide bonds. The van der Waals surface area contributed by atoms with Crippen LogP contribution in [0.2, 0.25) is 0 Å². The SMILES string of the molecule is CNCCNC1CCN(c2ccc(Nc3nc(Nc4ccccc4S(=O)(=O)I)c4ccccc4n3)c(OC)c2)CC1. The number of ether oxygens (including phenoxy) is 1. The lowest BCUT2D eigenvalue weighted by Gasteiger charge is -2.34. The number of anilines is 5. The summed E-state index contributed by atoms with van der Waals surface area (Å²) in [5.41, 5.74) is 3.00. The third kappa shape index (κ3) is 7.18. The predicted octanol–water partition coefficient (Wildman–Crippen LogP) is 5.03. The maximum absolute atomic E-state index is 12.4. The van der Waals surface area contributed by atoms with Crippen molar-refractivity contribution in [2.45, 2.75) is 23.8 Å². The molecule has 0 spiro atoms. The number of piperidine rings is 1. The number of halogens is 1. The zero-order valence-electron chi connectivity index (χ0n) is 23.0. The Labute approximate surface area is 252 Å². The van der Waals surface area contributed by atoms with Crippen LogP contribution in [0.15, 0.2) is 71.6 Å². The zero-order chi connectivity index (χ0) is 28.8. The lowest BCUT2D eigenvalue weighted by Crippen LogP contribution is -2.44. The van der Waals surface area contributed by atoms with E-state index in [9.17, 15) is 8.42 Å². The van der Waals surface area contributed by atoms with E-state index in [1.165, 1.54) is 21.2 Å². The van der Waals surface area contributed by atoms with Crippen molar-refractivity contribution in [2.24, 2.45) is 0 Å². The summed E-state index contributed by atoms with van der Waals surface area (Å²) in [5.74, 6) is 1.54. The van der Waals surface area contributed by atoms with Crippen molar-refractivity contribution in [3.05, 3.63) is 66.7 Å². The standard InChI is InChI=1S/C29H34IN7O3S/c1-31-15-16-32-20-13-17-37(18-14-20)21-11-12-24(26(19-21)40-2)35-29-34-23-8-4-3-7-22(23)28(36-29)33-25-9-5-6-10-27(25)41(30,38)39/h3-12,19-20,31-32H,13-18H2,1-2H3,(H2,33,34,35,36). The van der Waals surface area contributed by atoms with Crippen molar-refractivity contribution in [1.82, 2.24) is 20.6 Å². The molecule has 0 bridgehead atoms. The molecule has 41 heavy (non-hydrogen) atoms. The van der Waals surface area contributed by atoms with Gasteiger partial charge in [-0.05, 0) is 56.3 Å². The number of methoxy groups -OCH3 is 1. The van der Waals surface area contributed by atoms with Gasteiger partial charge in [-0.2, -0.15) is 4.98 Å². The van der Waals surface area contributed by atoms with Gasteiger partial charge in [0, 0.05) is 49.4 Å². The maximum Gasteiger partial charge on any atom is 0.233 e. The van der Waals surface area contributed by atoms with Crippen molar-refractivity contribution in [2.75, 3.05) is 55.9 Å². The van der Waals surface area contributed by atoms with E-state index in [2.05, 4.69) is 32.2 Å². The number of aromatic nitrogens is 2. The predicted molar refractivity (Wildman–Crippen MR) is 174 cm³/mol. The molecule has 2 heterocycles. The van der Waals surface area contributed by atoms with Crippen LogP contribution in [0.5, 0.6) is 5.75 Å². The smallest absolute Gasteiger partial charge is 0.233 e. The normalized spacial score (nSPS) is 14.3. The van der Waals surface area contributed by atoms with Crippen LogP contribution in [0.1, 0.15) is 12.8 Å². The Kier molecular flexibility index (Phi) is 9.42. The van der Waals surface area contributed by atoms with E-state index >= 15 is 0 Å². The fourth-order valence-corrected chi connectivity index (χ4v) is 6.76. The average molecular weight is 688 g/mol. The minimum absolute atomic E-state index is 0.188. The number of fused-ring (bicyclic) bond motifs is 1. The first-order chi connectivity index (χ1) is 19.9. The van der Waals surface area contributed by atoms with Crippen LogP contribution in [0.25, 0.3) is 10.9 Å². The third-order valence-electron chi connectivity index (χ3n) is 7.11. The van der Waals surface area contributed by atoms with Crippen LogP contribution < -0.4 is 30.9 Å². The van der Waals surface area contributed by atoms with Crippen LogP contribution in [0.3, 0.4) is 0 Å². The second kappa shape index (κ2) is 13.2. The molecular formula is C29H34IN7O3S. The fourth-order valence-electron chi connectivity index (χ4n) is 4.98. The molecule has 0 atom stereocenters. The number of likely N-dealkylation sites (N-methyl/N-ethyl adjacent to an activating group) is 1. The van der Waals surface area contributed by atoms with Crippen LogP contribution >= 0.6 is 21.2 Å². The van der Waals surface area contributed by atoms with E-state index in [4.69, 9.17) is 14.7 Å². The Balaban J connectivity index is 1.38. The van der Waals surface area contributed by atoms with Crippen LogP contribution in [-0.2, 0) is 7.01 Å². The van der Waals surface area contributed by atoms with E-state index in [0.717, 1.165) is 55.8 Å². The number of nitrogens with one attached hydrogen (secondary N) is 4. The van der Waals surface area contributed by atoms with Gasteiger partial charge < -0.3 is 30.9 Å². The fraction of sp³-hybridized carbons (Fsp3) is 0.310. The first-order valence-electron chi connectivity index (χ1n) is 13.5. The second-order valence-corrected chi connectivity index (χ2v) is 14.6. The van der Waals surface area contributed by atoms with Crippen molar-refractivity contribution in [1.29, 1.82) is 0 Å². The monoisotopic (exact) mass is 687 g/mol. The summed E-state index contributed by atoms with van der Waals surface area (Å²) in [4.78, 5) is 12.0. The van der Waals surface area contributed by atoms with Gasteiger partial charge in [0.25, 0.3) is 0 Å². The van der Waals surface area contributed by atoms with E-state index < -0.39 is 7.01 Å². The van der Waals surface area contributed by atoms with Gasteiger partial charge in [0.1, 0.15) is 16.5 Å². The summed E-state index contributed by atoms with van der Waals surface area (Å²) in [5, 5.41) is 14.1. The lowest BCUT2D eigenvalue weighted by molar-refractivity contribution is 0.410. The van der Waals surface area contributed by atoms with E-state index in [1.807, 2.05) is 43.4 Å². The molecule has 0 aliphatic carbocycles. The summed E-state index contributed by atoms with van der Waals surface area (Å²) < 4.78 is 30.5. The molecule has 5 rings (SSSR count). The Morgan fingerprint density at radius 2 is 1.71 bits per heavy atom. The molecular weight excluding hydrogens is 653 g/mol. The van der Waals surface area contributed by atoms with Crippen molar-refractivity contribution in [3.8, 4) is 5.75 Å². The minimum atomic E-state index is -3.47. The van der Waals surface area contributed by atoms with Gasteiger partial charge in [-0.25, -0.2) is 13.4 Å². The highest BCUT2D eigenvalue weighted by molar-refractivity contribution is 14.2. The summed E-state index contributed by atoms with van der Waals surface area (Å²) in [7, 11) is 0.147. The van der Waals surface area contributed by atoms with Crippen LogP contribution in [0, 0.1) is 0 Å². The highest BCUT2D eigenvalue weighted by Gasteiger charge is 2.21. The van der Waals surface area contributed by atoms with Crippen molar-refractivity contribution >= 4 is 67.9 Å². The third-order valence-corrected chi connectivity index (χ3v) is 9.41. The summed E-state index contributed by atoms with van der Waals surface area (Å²) in [6, 6.07) is 21.0. The first kappa shape index (κ1) is 29.3. The van der Waals surface area contributed by atoms with Gasteiger partial charge in [-0.15, -0.1) is 0 Å².